The van der Waals surface area contributed by atoms with Gasteiger partial charge in [0.25, 0.3) is 0 Å². The molecule has 1 N–H and O–H groups in total. The SMILES string of the molecule is CC1CCCC(NC(=O)C(C)CCl)C1. The van der Waals surface area contributed by atoms with Gasteiger partial charge in [0.1, 0.15) is 0 Å². The Hall–Kier alpha value is -0.240. The van der Waals surface area contributed by atoms with Crippen molar-refractivity contribution in [2.75, 3.05) is 5.88 Å². The van der Waals surface area contributed by atoms with Gasteiger partial charge in [-0.2, -0.15) is 0 Å². The van der Waals surface area contributed by atoms with E-state index < -0.39 is 0 Å². The third-order valence-corrected chi connectivity index (χ3v) is 3.42. The minimum absolute atomic E-state index is 0.0612. The maximum absolute atomic E-state index is 11.6. The Morgan fingerprint density at radius 2 is 2.29 bits per heavy atom. The number of alkyl halides is 1. The van der Waals surface area contributed by atoms with Crippen molar-refractivity contribution in [3.8, 4) is 0 Å². The molecule has 1 saturated carbocycles. The number of carbonyl (C=O) groups excluding carboxylic acids is 1. The zero-order valence-electron chi connectivity index (χ0n) is 9.05. The highest BCUT2D eigenvalue weighted by atomic mass is 35.5. The highest BCUT2D eigenvalue weighted by Gasteiger charge is 2.22. The molecule has 3 atom stereocenters. The molecule has 82 valence electrons. The van der Waals surface area contributed by atoms with Crippen LogP contribution in [0.4, 0.5) is 0 Å². The van der Waals surface area contributed by atoms with Gasteiger partial charge in [-0.3, -0.25) is 4.79 Å². The minimum Gasteiger partial charge on any atom is -0.353 e. The standard InChI is InChI=1S/C11H20ClNO/c1-8-4-3-5-10(6-8)13-11(14)9(2)7-12/h8-10H,3-7H2,1-2H3,(H,13,14). The summed E-state index contributed by atoms with van der Waals surface area (Å²) in [5.74, 6) is 1.21. The Morgan fingerprint density at radius 1 is 1.57 bits per heavy atom. The van der Waals surface area contributed by atoms with Gasteiger partial charge in [-0.1, -0.05) is 26.7 Å². The first-order valence-electron chi connectivity index (χ1n) is 5.49. The van der Waals surface area contributed by atoms with Crippen molar-refractivity contribution < 1.29 is 4.79 Å². The lowest BCUT2D eigenvalue weighted by Gasteiger charge is -2.28. The Balaban J connectivity index is 2.32. The minimum atomic E-state index is -0.0612. The summed E-state index contributed by atoms with van der Waals surface area (Å²) in [6.45, 7) is 4.12. The van der Waals surface area contributed by atoms with Crippen molar-refractivity contribution in [2.24, 2.45) is 11.8 Å². The summed E-state index contributed by atoms with van der Waals surface area (Å²) < 4.78 is 0. The number of hydrogen-bond acceptors (Lipinski definition) is 1. The molecule has 0 saturated heterocycles. The Morgan fingerprint density at radius 3 is 2.86 bits per heavy atom. The fraction of sp³-hybridized carbons (Fsp3) is 0.909. The molecular formula is C11H20ClNO. The molecule has 1 rings (SSSR count). The van der Waals surface area contributed by atoms with Crippen LogP contribution in [0.3, 0.4) is 0 Å². The van der Waals surface area contributed by atoms with Gasteiger partial charge in [-0.25, -0.2) is 0 Å². The van der Waals surface area contributed by atoms with Gasteiger partial charge in [0.05, 0.1) is 0 Å². The molecule has 0 aromatic rings. The van der Waals surface area contributed by atoms with Crippen molar-refractivity contribution in [1.82, 2.24) is 5.32 Å². The molecule has 1 aliphatic carbocycles. The molecule has 1 amide bonds. The summed E-state index contributed by atoms with van der Waals surface area (Å²) in [6.07, 6.45) is 4.80. The first-order chi connectivity index (χ1) is 6.63. The lowest BCUT2D eigenvalue weighted by Crippen LogP contribution is -2.41. The van der Waals surface area contributed by atoms with E-state index in [2.05, 4.69) is 12.2 Å². The van der Waals surface area contributed by atoms with Crippen LogP contribution >= 0.6 is 11.6 Å². The van der Waals surface area contributed by atoms with Gasteiger partial charge >= 0.3 is 0 Å². The monoisotopic (exact) mass is 217 g/mol. The molecule has 0 heterocycles. The van der Waals surface area contributed by atoms with Crippen LogP contribution in [0.15, 0.2) is 0 Å². The predicted octanol–water partition coefficient (Wildman–Crippen LogP) is 2.56. The van der Waals surface area contributed by atoms with Crippen molar-refractivity contribution in [1.29, 1.82) is 0 Å². The number of carbonyl (C=O) groups is 1. The number of nitrogens with one attached hydrogen (secondary N) is 1. The first-order valence-corrected chi connectivity index (χ1v) is 6.03. The van der Waals surface area contributed by atoms with Crippen molar-refractivity contribution in [3.05, 3.63) is 0 Å². The molecule has 0 aromatic carbocycles. The normalized spacial score (nSPS) is 29.6. The molecule has 0 aromatic heterocycles. The summed E-state index contributed by atoms with van der Waals surface area (Å²) in [6, 6.07) is 0.386. The van der Waals surface area contributed by atoms with Crippen LogP contribution in [0.1, 0.15) is 39.5 Å². The van der Waals surface area contributed by atoms with E-state index in [1.165, 1.54) is 12.8 Å². The van der Waals surface area contributed by atoms with Crippen molar-refractivity contribution in [2.45, 2.75) is 45.6 Å². The average Bonchev–Trinajstić information content (AvgIpc) is 2.16. The van der Waals surface area contributed by atoms with Crippen LogP contribution in [-0.2, 0) is 4.79 Å². The van der Waals surface area contributed by atoms with Gasteiger partial charge in [0, 0.05) is 17.8 Å². The lowest BCUT2D eigenvalue weighted by atomic mass is 9.87. The molecule has 0 radical (unpaired) electrons. The van der Waals surface area contributed by atoms with Crippen molar-refractivity contribution in [3.63, 3.8) is 0 Å². The van der Waals surface area contributed by atoms with Crippen molar-refractivity contribution >= 4 is 17.5 Å². The predicted molar refractivity (Wildman–Crippen MR) is 59.4 cm³/mol. The highest BCUT2D eigenvalue weighted by Crippen LogP contribution is 2.23. The molecule has 1 aliphatic rings. The summed E-state index contributed by atoms with van der Waals surface area (Å²) in [7, 11) is 0. The Kier molecular flexibility index (Phi) is 4.73. The molecule has 0 aliphatic heterocycles. The van der Waals surface area contributed by atoms with Gasteiger partial charge < -0.3 is 5.32 Å². The number of halogens is 1. The van der Waals surface area contributed by atoms with E-state index in [-0.39, 0.29) is 11.8 Å². The van der Waals surface area contributed by atoms with Gasteiger partial charge in [-0.15, -0.1) is 11.6 Å². The second kappa shape index (κ2) is 5.59. The zero-order chi connectivity index (χ0) is 10.6. The van der Waals surface area contributed by atoms with Crippen LogP contribution in [-0.4, -0.2) is 17.8 Å². The van der Waals surface area contributed by atoms with Crippen LogP contribution < -0.4 is 5.32 Å². The summed E-state index contributed by atoms with van der Waals surface area (Å²) in [5.41, 5.74) is 0. The maximum atomic E-state index is 11.6. The summed E-state index contributed by atoms with van der Waals surface area (Å²) >= 11 is 5.63. The van der Waals surface area contributed by atoms with E-state index in [4.69, 9.17) is 11.6 Å². The quantitative estimate of drug-likeness (QED) is 0.724. The molecular weight excluding hydrogens is 198 g/mol. The molecule has 0 spiro atoms. The van der Waals surface area contributed by atoms with Crippen LogP contribution in [0.2, 0.25) is 0 Å². The molecule has 14 heavy (non-hydrogen) atoms. The number of amides is 1. The lowest BCUT2D eigenvalue weighted by molar-refractivity contribution is -0.124. The molecule has 0 bridgehead atoms. The molecule has 3 unspecified atom stereocenters. The van der Waals surface area contributed by atoms with E-state index in [1.807, 2.05) is 6.92 Å². The van der Waals surface area contributed by atoms with E-state index in [0.717, 1.165) is 18.8 Å². The van der Waals surface area contributed by atoms with E-state index in [0.29, 0.717) is 11.9 Å². The van der Waals surface area contributed by atoms with Crippen LogP contribution in [0.25, 0.3) is 0 Å². The molecule has 1 fully saturated rings. The van der Waals surface area contributed by atoms with Crippen LogP contribution in [0.5, 0.6) is 0 Å². The summed E-state index contributed by atoms with van der Waals surface area (Å²) in [4.78, 5) is 11.6. The second-order valence-corrected chi connectivity index (χ2v) is 4.84. The second-order valence-electron chi connectivity index (χ2n) is 4.53. The maximum Gasteiger partial charge on any atom is 0.224 e. The Labute approximate surface area is 91.4 Å². The third kappa shape index (κ3) is 3.49. The third-order valence-electron chi connectivity index (χ3n) is 2.96. The Bertz CT molecular complexity index is 196. The first kappa shape index (κ1) is 11.8. The number of rotatable bonds is 3. The highest BCUT2D eigenvalue weighted by molar-refractivity contribution is 6.19. The molecule has 2 nitrogen and oxygen atoms in total. The van der Waals surface area contributed by atoms with E-state index >= 15 is 0 Å². The fourth-order valence-corrected chi connectivity index (χ4v) is 2.12. The average molecular weight is 218 g/mol. The van der Waals surface area contributed by atoms with Gasteiger partial charge in [0.2, 0.25) is 5.91 Å². The zero-order valence-corrected chi connectivity index (χ0v) is 9.81. The number of hydrogen-bond donors (Lipinski definition) is 1. The van der Waals surface area contributed by atoms with Gasteiger partial charge in [-0.05, 0) is 18.8 Å². The van der Waals surface area contributed by atoms with Crippen LogP contribution in [0, 0.1) is 11.8 Å². The fourth-order valence-electron chi connectivity index (χ4n) is 1.98. The largest absolute Gasteiger partial charge is 0.353 e. The summed E-state index contributed by atoms with van der Waals surface area (Å²) in [5, 5.41) is 3.08. The van der Waals surface area contributed by atoms with E-state index in [1.54, 1.807) is 0 Å². The van der Waals surface area contributed by atoms with Gasteiger partial charge in [0.15, 0.2) is 0 Å². The van der Waals surface area contributed by atoms with E-state index in [9.17, 15) is 4.79 Å². The molecule has 3 heteroatoms. The topological polar surface area (TPSA) is 29.1 Å². The smallest absolute Gasteiger partial charge is 0.224 e.